The van der Waals surface area contributed by atoms with Gasteiger partial charge in [0, 0.05) is 11.6 Å². The molecule has 1 atom stereocenters. The lowest BCUT2D eigenvalue weighted by atomic mass is 10.1. The van der Waals surface area contributed by atoms with Crippen molar-refractivity contribution in [1.82, 2.24) is 5.32 Å². The Morgan fingerprint density at radius 2 is 2.05 bits per heavy atom. The van der Waals surface area contributed by atoms with Gasteiger partial charge in [-0.3, -0.25) is 4.79 Å². The molecule has 0 aliphatic rings. The molecule has 0 saturated heterocycles. The van der Waals surface area contributed by atoms with Crippen LogP contribution in [0.25, 0.3) is 0 Å². The van der Waals surface area contributed by atoms with Crippen molar-refractivity contribution in [3.63, 3.8) is 0 Å². The van der Waals surface area contributed by atoms with Crippen LogP contribution in [0.5, 0.6) is 11.5 Å². The van der Waals surface area contributed by atoms with Gasteiger partial charge in [-0.1, -0.05) is 19.8 Å². The lowest BCUT2D eigenvalue weighted by Crippen LogP contribution is -2.36. The Morgan fingerprint density at radius 3 is 2.60 bits per heavy atom. The zero-order valence-corrected chi connectivity index (χ0v) is 12.4. The second kappa shape index (κ2) is 7.44. The third-order valence-corrected chi connectivity index (χ3v) is 3.10. The number of hydrogen-bond acceptors (Lipinski definition) is 3. The van der Waals surface area contributed by atoms with E-state index in [1.54, 1.807) is 18.2 Å². The minimum Gasteiger partial charge on any atom is -0.493 e. The van der Waals surface area contributed by atoms with E-state index in [4.69, 9.17) is 15.9 Å². The van der Waals surface area contributed by atoms with E-state index in [9.17, 15) is 4.79 Å². The minimum atomic E-state index is -0.131. The topological polar surface area (TPSA) is 47.6 Å². The number of methoxy groups -OCH3 is 1. The Bertz CT molecular complexity index is 503. The van der Waals surface area contributed by atoms with Gasteiger partial charge >= 0.3 is 0 Å². The van der Waals surface area contributed by atoms with Crippen LogP contribution >= 0.6 is 0 Å². The molecule has 0 fully saturated rings. The molecule has 1 aromatic carbocycles. The molecule has 1 aromatic rings. The maximum Gasteiger partial charge on any atom is 0.251 e. The highest BCUT2D eigenvalue weighted by molar-refractivity contribution is 5.95. The van der Waals surface area contributed by atoms with Crippen molar-refractivity contribution < 1.29 is 14.3 Å². The lowest BCUT2D eigenvalue weighted by molar-refractivity contribution is 0.0930. The second-order valence-corrected chi connectivity index (χ2v) is 4.86. The highest BCUT2D eigenvalue weighted by atomic mass is 16.5. The summed E-state index contributed by atoms with van der Waals surface area (Å²) in [4.78, 5) is 12.1. The molecule has 0 aliphatic carbocycles. The van der Waals surface area contributed by atoms with E-state index in [1.807, 2.05) is 6.92 Å². The van der Waals surface area contributed by atoms with Gasteiger partial charge in [0.15, 0.2) is 11.5 Å². The Morgan fingerprint density at radius 1 is 1.35 bits per heavy atom. The van der Waals surface area contributed by atoms with Crippen LogP contribution in [-0.2, 0) is 0 Å². The van der Waals surface area contributed by atoms with E-state index in [1.165, 1.54) is 7.11 Å². The molecule has 20 heavy (non-hydrogen) atoms. The van der Waals surface area contributed by atoms with Crippen LogP contribution in [0.3, 0.4) is 0 Å². The molecule has 1 N–H and O–H groups in total. The van der Waals surface area contributed by atoms with Gasteiger partial charge in [-0.15, -0.1) is 6.42 Å². The third kappa shape index (κ3) is 4.20. The number of rotatable bonds is 6. The van der Waals surface area contributed by atoms with Gasteiger partial charge in [-0.2, -0.15) is 0 Å². The Hall–Kier alpha value is -2.15. The van der Waals surface area contributed by atoms with E-state index in [0.29, 0.717) is 23.0 Å². The average Bonchev–Trinajstić information content (AvgIpc) is 2.44. The van der Waals surface area contributed by atoms with Crippen LogP contribution in [-0.4, -0.2) is 25.7 Å². The summed E-state index contributed by atoms with van der Waals surface area (Å²) >= 11 is 0. The molecule has 0 bridgehead atoms. The summed E-state index contributed by atoms with van der Waals surface area (Å²) in [6, 6.07) is 5.13. The number of nitrogens with one attached hydrogen (secondary N) is 1. The number of amides is 1. The maximum atomic E-state index is 12.1. The average molecular weight is 275 g/mol. The first-order valence-electron chi connectivity index (χ1n) is 6.54. The summed E-state index contributed by atoms with van der Waals surface area (Å²) < 4.78 is 10.6. The molecule has 0 radical (unpaired) electrons. The van der Waals surface area contributed by atoms with Crippen LogP contribution in [0.2, 0.25) is 0 Å². The standard InChI is InChI=1S/C16H21NO3/c1-6-9-20-14-8-7-13(10-15(14)19-5)16(18)17-12(4)11(2)3/h1,7-8,10-12H,9H2,2-5H3,(H,17,18)/t12-/m0/s1. The number of terminal acetylenes is 1. The maximum absolute atomic E-state index is 12.1. The SMILES string of the molecule is C#CCOc1ccc(C(=O)N[C@@H](C)C(C)C)cc1OC. The van der Waals surface area contributed by atoms with Gasteiger partial charge in [-0.05, 0) is 31.0 Å². The van der Waals surface area contributed by atoms with Crippen molar-refractivity contribution in [1.29, 1.82) is 0 Å². The van der Waals surface area contributed by atoms with Crippen LogP contribution in [0.15, 0.2) is 18.2 Å². The van der Waals surface area contributed by atoms with Gasteiger partial charge in [0.25, 0.3) is 5.91 Å². The van der Waals surface area contributed by atoms with Crippen LogP contribution in [0.4, 0.5) is 0 Å². The van der Waals surface area contributed by atoms with Crippen molar-refractivity contribution in [2.24, 2.45) is 5.92 Å². The molecule has 0 unspecified atom stereocenters. The fraction of sp³-hybridized carbons (Fsp3) is 0.438. The van der Waals surface area contributed by atoms with Crippen LogP contribution in [0, 0.1) is 18.3 Å². The van der Waals surface area contributed by atoms with Crippen molar-refractivity contribution in [3.8, 4) is 23.8 Å². The number of carbonyl (C=O) groups is 1. The summed E-state index contributed by atoms with van der Waals surface area (Å²) in [6.07, 6.45) is 5.15. The van der Waals surface area contributed by atoms with E-state index < -0.39 is 0 Å². The van der Waals surface area contributed by atoms with Crippen molar-refractivity contribution in [2.45, 2.75) is 26.8 Å². The Balaban J connectivity index is 2.87. The highest BCUT2D eigenvalue weighted by Gasteiger charge is 2.14. The molecule has 108 valence electrons. The monoisotopic (exact) mass is 275 g/mol. The zero-order valence-electron chi connectivity index (χ0n) is 12.4. The molecule has 0 spiro atoms. The largest absolute Gasteiger partial charge is 0.493 e. The molecule has 4 heteroatoms. The summed E-state index contributed by atoms with van der Waals surface area (Å²) in [5.74, 6) is 3.65. The predicted octanol–water partition coefficient (Wildman–Crippen LogP) is 2.48. The van der Waals surface area contributed by atoms with Gasteiger partial charge in [0.2, 0.25) is 0 Å². The van der Waals surface area contributed by atoms with E-state index in [0.717, 1.165) is 0 Å². The van der Waals surface area contributed by atoms with Crippen molar-refractivity contribution in [2.75, 3.05) is 13.7 Å². The predicted molar refractivity (Wildman–Crippen MR) is 79.1 cm³/mol. The summed E-state index contributed by atoms with van der Waals surface area (Å²) in [6.45, 7) is 6.25. The van der Waals surface area contributed by atoms with Crippen LogP contribution in [0.1, 0.15) is 31.1 Å². The summed E-state index contributed by atoms with van der Waals surface area (Å²) in [5.41, 5.74) is 0.530. The minimum absolute atomic E-state index is 0.103. The fourth-order valence-electron chi connectivity index (χ4n) is 1.50. The highest BCUT2D eigenvalue weighted by Crippen LogP contribution is 2.28. The zero-order chi connectivity index (χ0) is 15.1. The second-order valence-electron chi connectivity index (χ2n) is 4.86. The first kappa shape index (κ1) is 15.9. The van der Waals surface area contributed by atoms with E-state index >= 15 is 0 Å². The molecular weight excluding hydrogens is 254 g/mol. The quantitative estimate of drug-likeness (QED) is 0.811. The molecular formula is C16H21NO3. The summed E-state index contributed by atoms with van der Waals surface area (Å²) in [7, 11) is 1.52. The lowest BCUT2D eigenvalue weighted by Gasteiger charge is -2.18. The smallest absolute Gasteiger partial charge is 0.251 e. The molecule has 0 saturated carbocycles. The molecule has 0 heterocycles. The summed E-state index contributed by atoms with van der Waals surface area (Å²) in [5, 5.41) is 2.94. The Kier molecular flexibility index (Phi) is 5.92. The molecule has 0 aromatic heterocycles. The first-order valence-corrected chi connectivity index (χ1v) is 6.54. The molecule has 0 aliphatic heterocycles. The molecule has 1 rings (SSSR count). The van der Waals surface area contributed by atoms with Crippen LogP contribution < -0.4 is 14.8 Å². The number of benzene rings is 1. The number of carbonyl (C=O) groups excluding carboxylic acids is 1. The number of hydrogen-bond donors (Lipinski definition) is 1. The van der Waals surface area contributed by atoms with Crippen molar-refractivity contribution >= 4 is 5.91 Å². The fourth-order valence-corrected chi connectivity index (χ4v) is 1.50. The third-order valence-electron chi connectivity index (χ3n) is 3.10. The van der Waals surface area contributed by atoms with Gasteiger partial charge in [-0.25, -0.2) is 0 Å². The first-order chi connectivity index (χ1) is 9.49. The normalized spacial score (nSPS) is 11.6. The van der Waals surface area contributed by atoms with Gasteiger partial charge in [0.05, 0.1) is 7.11 Å². The molecule has 4 nitrogen and oxygen atoms in total. The number of ether oxygens (including phenoxy) is 2. The molecule has 1 amide bonds. The Labute approximate surface area is 120 Å². The van der Waals surface area contributed by atoms with E-state index in [2.05, 4.69) is 25.1 Å². The van der Waals surface area contributed by atoms with Crippen molar-refractivity contribution in [3.05, 3.63) is 23.8 Å². The van der Waals surface area contributed by atoms with Gasteiger partial charge < -0.3 is 14.8 Å². The van der Waals surface area contributed by atoms with E-state index in [-0.39, 0.29) is 18.6 Å². The van der Waals surface area contributed by atoms with Gasteiger partial charge in [0.1, 0.15) is 6.61 Å².